The second-order valence-corrected chi connectivity index (χ2v) is 7.41. The van der Waals surface area contributed by atoms with Crippen molar-refractivity contribution in [2.75, 3.05) is 5.32 Å². The zero-order chi connectivity index (χ0) is 16.6. The van der Waals surface area contributed by atoms with Gasteiger partial charge in [0.2, 0.25) is 12.3 Å². The minimum Gasteiger partial charge on any atom is -0.389 e. The smallest absolute Gasteiger partial charge is 0.241 e. The van der Waals surface area contributed by atoms with Crippen LogP contribution in [0.25, 0.3) is 10.6 Å². The van der Waals surface area contributed by atoms with Gasteiger partial charge in [-0.2, -0.15) is 0 Å². The van der Waals surface area contributed by atoms with E-state index in [0.717, 1.165) is 10.6 Å². The summed E-state index contributed by atoms with van der Waals surface area (Å²) < 4.78 is 24.9. The molecule has 9 heteroatoms. The highest BCUT2D eigenvalue weighted by atomic mass is 32.1. The zero-order valence-corrected chi connectivity index (χ0v) is 13.9. The molecule has 23 heavy (non-hydrogen) atoms. The van der Waals surface area contributed by atoms with Crippen LogP contribution in [0, 0.1) is 18.8 Å². The molecule has 0 spiro atoms. The Morgan fingerprint density at radius 2 is 2.22 bits per heavy atom. The topological polar surface area (TPSA) is 75.1 Å². The number of anilines is 1. The standard InChI is InChI=1S/C14H15F2N3O2S2/c1-6-11(23-10(4-20)17-6)9-5-22-14(18-9)19-13(21)8-2-7(3-8)12(15)16/h5,7-8,12,20H,2-4H2,1H3,(H,18,19,21). The Morgan fingerprint density at radius 1 is 1.48 bits per heavy atom. The number of aliphatic hydroxyl groups excluding tert-OH is 1. The van der Waals surface area contributed by atoms with E-state index < -0.39 is 12.3 Å². The Kier molecular flexibility index (Phi) is 4.69. The van der Waals surface area contributed by atoms with E-state index >= 15 is 0 Å². The molecule has 1 aliphatic rings. The number of thiazole rings is 2. The van der Waals surface area contributed by atoms with E-state index in [4.69, 9.17) is 5.11 Å². The first-order chi connectivity index (χ1) is 11.0. The number of hydrogen-bond donors (Lipinski definition) is 2. The fraction of sp³-hybridized carbons (Fsp3) is 0.500. The average Bonchev–Trinajstić information content (AvgIpc) is 3.02. The number of alkyl halides is 2. The maximum Gasteiger partial charge on any atom is 0.241 e. The molecule has 2 heterocycles. The maximum absolute atomic E-state index is 12.4. The van der Waals surface area contributed by atoms with Gasteiger partial charge in [0.25, 0.3) is 0 Å². The molecule has 0 bridgehead atoms. The van der Waals surface area contributed by atoms with Gasteiger partial charge in [0.15, 0.2) is 5.13 Å². The van der Waals surface area contributed by atoms with E-state index in [1.807, 2.05) is 6.92 Å². The molecule has 124 valence electrons. The van der Waals surface area contributed by atoms with E-state index in [9.17, 15) is 13.6 Å². The Morgan fingerprint density at radius 3 is 2.83 bits per heavy atom. The normalized spacial score (nSPS) is 20.6. The van der Waals surface area contributed by atoms with Gasteiger partial charge in [-0.05, 0) is 19.8 Å². The van der Waals surface area contributed by atoms with Gasteiger partial charge in [0.05, 0.1) is 22.9 Å². The molecule has 0 unspecified atom stereocenters. The lowest BCUT2D eigenvalue weighted by atomic mass is 9.74. The lowest BCUT2D eigenvalue weighted by Gasteiger charge is -2.33. The largest absolute Gasteiger partial charge is 0.389 e. The molecule has 2 aromatic rings. The second-order valence-electron chi connectivity index (χ2n) is 5.47. The second kappa shape index (κ2) is 6.58. The lowest BCUT2D eigenvalue weighted by molar-refractivity contribution is -0.126. The van der Waals surface area contributed by atoms with Crippen LogP contribution < -0.4 is 5.32 Å². The number of aryl methyl sites for hydroxylation is 1. The molecule has 5 nitrogen and oxygen atoms in total. The number of amides is 1. The first-order valence-electron chi connectivity index (χ1n) is 7.10. The minimum absolute atomic E-state index is 0.119. The third kappa shape index (κ3) is 3.41. The molecule has 1 saturated carbocycles. The van der Waals surface area contributed by atoms with Crippen molar-refractivity contribution in [3.63, 3.8) is 0 Å². The summed E-state index contributed by atoms with van der Waals surface area (Å²) in [6.07, 6.45) is -1.88. The SMILES string of the molecule is Cc1nc(CO)sc1-c1csc(NC(=O)C2CC(C(F)F)C2)n1. The number of carbonyl (C=O) groups is 1. The predicted octanol–water partition coefficient (Wildman–Crippen LogP) is 3.30. The van der Waals surface area contributed by atoms with Crippen molar-refractivity contribution in [1.29, 1.82) is 0 Å². The van der Waals surface area contributed by atoms with Gasteiger partial charge in [-0.15, -0.1) is 22.7 Å². The molecule has 1 aliphatic carbocycles. The van der Waals surface area contributed by atoms with Crippen molar-refractivity contribution in [2.24, 2.45) is 11.8 Å². The molecule has 0 aromatic carbocycles. The van der Waals surface area contributed by atoms with Crippen molar-refractivity contribution >= 4 is 33.7 Å². The van der Waals surface area contributed by atoms with E-state index in [2.05, 4.69) is 15.3 Å². The van der Waals surface area contributed by atoms with Gasteiger partial charge in [0, 0.05) is 17.2 Å². The molecular formula is C14H15F2N3O2S2. The summed E-state index contributed by atoms with van der Waals surface area (Å²) in [6.45, 7) is 1.72. The molecule has 0 aliphatic heterocycles. The van der Waals surface area contributed by atoms with Crippen LogP contribution in [0.3, 0.4) is 0 Å². The number of aromatic nitrogens is 2. The molecule has 2 aromatic heterocycles. The highest BCUT2D eigenvalue weighted by molar-refractivity contribution is 7.17. The molecular weight excluding hydrogens is 344 g/mol. The van der Waals surface area contributed by atoms with Crippen molar-refractivity contribution in [3.8, 4) is 10.6 Å². The number of aliphatic hydroxyl groups is 1. The number of rotatable bonds is 5. The van der Waals surface area contributed by atoms with Gasteiger partial charge in [0.1, 0.15) is 5.01 Å². The highest BCUT2D eigenvalue weighted by Crippen LogP contribution is 2.39. The fourth-order valence-corrected chi connectivity index (χ4v) is 4.15. The summed E-state index contributed by atoms with van der Waals surface area (Å²) in [7, 11) is 0. The number of nitrogens with one attached hydrogen (secondary N) is 1. The fourth-order valence-electron chi connectivity index (χ4n) is 2.48. The molecule has 0 radical (unpaired) electrons. The molecule has 1 amide bonds. The molecule has 3 rings (SSSR count). The quantitative estimate of drug-likeness (QED) is 0.859. The summed E-state index contributed by atoms with van der Waals surface area (Å²) in [5, 5.41) is 14.7. The predicted molar refractivity (Wildman–Crippen MR) is 84.7 cm³/mol. The van der Waals surface area contributed by atoms with Gasteiger partial charge >= 0.3 is 0 Å². The van der Waals surface area contributed by atoms with Crippen LogP contribution in [0.1, 0.15) is 23.5 Å². The van der Waals surface area contributed by atoms with Gasteiger partial charge < -0.3 is 10.4 Å². The third-order valence-corrected chi connectivity index (χ3v) is 5.77. The van der Waals surface area contributed by atoms with Crippen molar-refractivity contribution in [2.45, 2.75) is 32.8 Å². The molecule has 0 saturated heterocycles. The van der Waals surface area contributed by atoms with Crippen molar-refractivity contribution in [1.82, 2.24) is 9.97 Å². The van der Waals surface area contributed by atoms with Crippen LogP contribution in [0.2, 0.25) is 0 Å². The minimum atomic E-state index is -2.35. The number of hydrogen-bond acceptors (Lipinski definition) is 6. The monoisotopic (exact) mass is 359 g/mol. The van der Waals surface area contributed by atoms with Crippen LogP contribution in [0.15, 0.2) is 5.38 Å². The first kappa shape index (κ1) is 16.4. The molecule has 2 N–H and O–H groups in total. The van der Waals surface area contributed by atoms with Crippen molar-refractivity contribution < 1.29 is 18.7 Å². The molecule has 0 atom stereocenters. The van der Waals surface area contributed by atoms with Gasteiger partial charge in [-0.25, -0.2) is 18.7 Å². The third-order valence-electron chi connectivity index (χ3n) is 3.84. The Labute approximate surface area is 139 Å². The summed E-state index contributed by atoms with van der Waals surface area (Å²) in [5.41, 5.74) is 1.47. The van der Waals surface area contributed by atoms with Crippen LogP contribution in [-0.2, 0) is 11.4 Å². The van der Waals surface area contributed by atoms with Crippen LogP contribution in [0.4, 0.5) is 13.9 Å². The summed E-state index contributed by atoms with van der Waals surface area (Å²) in [5.74, 6) is -1.26. The van der Waals surface area contributed by atoms with Crippen LogP contribution in [0.5, 0.6) is 0 Å². The Balaban J connectivity index is 1.63. The van der Waals surface area contributed by atoms with E-state index in [1.165, 1.54) is 22.7 Å². The Bertz CT molecular complexity index is 711. The molecule has 1 fully saturated rings. The Hall–Kier alpha value is -1.45. The number of carbonyl (C=O) groups excluding carboxylic acids is 1. The summed E-state index contributed by atoms with van der Waals surface area (Å²) in [4.78, 5) is 21.4. The number of nitrogens with zero attached hydrogens (tertiary/aromatic N) is 2. The maximum atomic E-state index is 12.4. The van der Waals surface area contributed by atoms with E-state index in [-0.39, 0.29) is 31.3 Å². The number of halogens is 2. The lowest BCUT2D eigenvalue weighted by Crippen LogP contribution is -2.37. The van der Waals surface area contributed by atoms with Crippen molar-refractivity contribution in [3.05, 3.63) is 16.1 Å². The average molecular weight is 359 g/mol. The van der Waals surface area contributed by atoms with Crippen LogP contribution in [-0.4, -0.2) is 27.4 Å². The van der Waals surface area contributed by atoms with E-state index in [1.54, 1.807) is 5.38 Å². The zero-order valence-electron chi connectivity index (χ0n) is 12.3. The van der Waals surface area contributed by atoms with Gasteiger partial charge in [-0.3, -0.25) is 4.79 Å². The summed E-state index contributed by atoms with van der Waals surface area (Å²) in [6, 6.07) is 0. The van der Waals surface area contributed by atoms with E-state index in [0.29, 0.717) is 15.8 Å². The van der Waals surface area contributed by atoms with Gasteiger partial charge in [-0.1, -0.05) is 0 Å². The highest BCUT2D eigenvalue weighted by Gasteiger charge is 2.39. The summed E-state index contributed by atoms with van der Waals surface area (Å²) >= 11 is 2.64. The van der Waals surface area contributed by atoms with Crippen LogP contribution >= 0.6 is 22.7 Å². The first-order valence-corrected chi connectivity index (χ1v) is 8.79.